The number of aryl methyl sites for hydroxylation is 1. The number of rotatable bonds is 3. The number of aromatic nitrogens is 1. The second kappa shape index (κ2) is 9.14. The van der Waals surface area contributed by atoms with Gasteiger partial charge in [-0.1, -0.05) is 103 Å². The third-order valence-electron chi connectivity index (χ3n) is 9.53. The van der Waals surface area contributed by atoms with Crippen LogP contribution in [0.2, 0.25) is 0 Å². The maximum absolute atomic E-state index is 6.50. The molecule has 2 aromatic heterocycles. The van der Waals surface area contributed by atoms with Crippen LogP contribution in [0.3, 0.4) is 0 Å². The van der Waals surface area contributed by atoms with Crippen LogP contribution in [0.15, 0.2) is 138 Å². The number of para-hydroxylation sites is 4. The van der Waals surface area contributed by atoms with E-state index in [1.54, 1.807) is 0 Å². The number of benzene rings is 7. The van der Waals surface area contributed by atoms with E-state index in [1.165, 1.54) is 60.3 Å². The van der Waals surface area contributed by atoms with E-state index in [9.17, 15) is 0 Å². The molecular weight excluding hydrogens is 547 g/mol. The average Bonchev–Trinajstić information content (AvgIpc) is 3.61. The van der Waals surface area contributed by atoms with Crippen molar-refractivity contribution in [1.29, 1.82) is 0 Å². The second-order valence-corrected chi connectivity index (χ2v) is 12.1. The van der Waals surface area contributed by atoms with Crippen molar-refractivity contribution in [2.24, 2.45) is 0 Å². The highest BCUT2D eigenvalue weighted by Crippen LogP contribution is 2.43. The molecule has 3 heterocycles. The summed E-state index contributed by atoms with van der Waals surface area (Å²) >= 11 is 0. The van der Waals surface area contributed by atoms with Crippen LogP contribution in [0, 0.1) is 6.92 Å². The standard InChI is InChI=1S/C41H26BN2O/c1-24-11-2-7-18-33(24)43-34-22-30-28-15-6-9-20-37(28)45-38(30)23-31(34)39-26-13-4-3-12-25(26)21-36-40(39)42-32-17-10-16-29-27-14-5-8-19-35(27)44(36)41(29)32/h2-23,43H,1H3. The van der Waals surface area contributed by atoms with Gasteiger partial charge in [-0.15, -0.1) is 0 Å². The van der Waals surface area contributed by atoms with E-state index in [-0.39, 0.29) is 0 Å². The number of nitrogens with one attached hydrogen (secondary N) is 1. The monoisotopic (exact) mass is 573 g/mol. The second-order valence-electron chi connectivity index (χ2n) is 12.1. The molecule has 0 saturated heterocycles. The van der Waals surface area contributed by atoms with Gasteiger partial charge >= 0.3 is 0 Å². The summed E-state index contributed by atoms with van der Waals surface area (Å²) in [7, 11) is 2.39. The lowest BCUT2D eigenvalue weighted by Crippen LogP contribution is -2.37. The molecule has 0 fully saturated rings. The molecule has 7 aromatic carbocycles. The van der Waals surface area contributed by atoms with Crippen LogP contribution in [0.1, 0.15) is 5.56 Å². The highest BCUT2D eigenvalue weighted by molar-refractivity contribution is 6.74. The Bertz CT molecular complexity index is 2680. The minimum Gasteiger partial charge on any atom is -0.456 e. The molecule has 0 bridgehead atoms. The highest BCUT2D eigenvalue weighted by Gasteiger charge is 2.28. The van der Waals surface area contributed by atoms with Gasteiger partial charge in [-0.3, -0.25) is 0 Å². The molecule has 1 radical (unpaired) electrons. The zero-order chi connectivity index (χ0) is 29.6. The van der Waals surface area contributed by atoms with E-state index < -0.39 is 0 Å². The lowest BCUT2D eigenvalue weighted by atomic mass is 9.58. The minimum absolute atomic E-state index is 0.883. The van der Waals surface area contributed by atoms with E-state index in [0.29, 0.717) is 0 Å². The summed E-state index contributed by atoms with van der Waals surface area (Å²) in [5, 5.41) is 11.1. The summed E-state index contributed by atoms with van der Waals surface area (Å²) in [5.74, 6) is 0. The van der Waals surface area contributed by atoms with Crippen molar-refractivity contribution in [3.8, 4) is 16.8 Å². The van der Waals surface area contributed by atoms with E-state index in [2.05, 4.69) is 151 Å². The average molecular weight is 573 g/mol. The summed E-state index contributed by atoms with van der Waals surface area (Å²) in [5.41, 5.74) is 13.5. The molecule has 0 saturated carbocycles. The van der Waals surface area contributed by atoms with Crippen molar-refractivity contribution in [1.82, 2.24) is 4.57 Å². The summed E-state index contributed by atoms with van der Waals surface area (Å²) in [4.78, 5) is 0. The van der Waals surface area contributed by atoms with Gasteiger partial charge in [0, 0.05) is 49.7 Å². The van der Waals surface area contributed by atoms with Crippen molar-refractivity contribution in [3.05, 3.63) is 139 Å². The molecule has 0 spiro atoms. The van der Waals surface area contributed by atoms with Crippen molar-refractivity contribution in [2.75, 3.05) is 5.32 Å². The number of anilines is 2. The van der Waals surface area contributed by atoms with Crippen molar-refractivity contribution < 1.29 is 4.42 Å². The molecule has 45 heavy (non-hydrogen) atoms. The molecule has 10 rings (SSSR count). The van der Waals surface area contributed by atoms with Gasteiger partial charge in [-0.2, -0.15) is 0 Å². The number of hydrogen-bond acceptors (Lipinski definition) is 2. The summed E-state index contributed by atoms with van der Waals surface area (Å²) in [6.07, 6.45) is 0. The van der Waals surface area contributed by atoms with E-state index in [0.717, 1.165) is 38.9 Å². The van der Waals surface area contributed by atoms with Crippen LogP contribution in [0.5, 0.6) is 0 Å². The minimum atomic E-state index is 0.883. The predicted molar refractivity (Wildman–Crippen MR) is 190 cm³/mol. The molecule has 4 heteroatoms. The smallest absolute Gasteiger partial charge is 0.197 e. The Morgan fingerprint density at radius 3 is 2.27 bits per heavy atom. The van der Waals surface area contributed by atoms with Crippen molar-refractivity contribution in [2.45, 2.75) is 6.92 Å². The van der Waals surface area contributed by atoms with E-state index >= 15 is 0 Å². The van der Waals surface area contributed by atoms with Crippen LogP contribution in [0.4, 0.5) is 11.4 Å². The molecule has 0 amide bonds. The Kier molecular flexibility index (Phi) is 5.01. The number of furan rings is 1. The number of fused-ring (bicyclic) bond motifs is 9. The van der Waals surface area contributed by atoms with Gasteiger partial charge in [0.15, 0.2) is 7.28 Å². The first-order chi connectivity index (χ1) is 22.2. The Morgan fingerprint density at radius 1 is 0.600 bits per heavy atom. The summed E-state index contributed by atoms with van der Waals surface area (Å²) < 4.78 is 8.98. The van der Waals surface area contributed by atoms with E-state index in [4.69, 9.17) is 4.42 Å². The van der Waals surface area contributed by atoms with Crippen molar-refractivity contribution in [3.63, 3.8) is 0 Å². The Morgan fingerprint density at radius 2 is 1.36 bits per heavy atom. The van der Waals surface area contributed by atoms with Crippen LogP contribution < -0.4 is 16.2 Å². The molecule has 0 unspecified atom stereocenters. The van der Waals surface area contributed by atoms with Gasteiger partial charge in [0.05, 0.1) is 5.52 Å². The lowest BCUT2D eigenvalue weighted by molar-refractivity contribution is 0.669. The third-order valence-corrected chi connectivity index (χ3v) is 9.53. The zero-order valence-electron chi connectivity index (χ0n) is 24.6. The summed E-state index contributed by atoms with van der Waals surface area (Å²) in [6, 6.07) is 47.9. The Labute approximate surface area is 260 Å². The first kappa shape index (κ1) is 24.7. The molecule has 9 aromatic rings. The zero-order valence-corrected chi connectivity index (χ0v) is 24.6. The molecular formula is C41H26BN2O. The van der Waals surface area contributed by atoms with Crippen LogP contribution in [-0.2, 0) is 0 Å². The largest absolute Gasteiger partial charge is 0.456 e. The van der Waals surface area contributed by atoms with Gasteiger partial charge in [-0.25, -0.2) is 0 Å². The SMILES string of the molecule is Cc1ccccc1Nc1cc2c(cc1-c1c3c(cc4ccccc14)-n1c4ccccc4c4cccc(c41)[B]3)oc1ccccc12. The quantitative estimate of drug-likeness (QED) is 0.213. The van der Waals surface area contributed by atoms with Crippen LogP contribution in [0.25, 0.3) is 71.3 Å². The Balaban J connectivity index is 1.35. The molecule has 0 aliphatic carbocycles. The fourth-order valence-corrected chi connectivity index (χ4v) is 7.48. The summed E-state index contributed by atoms with van der Waals surface area (Å²) in [6.45, 7) is 2.15. The fourth-order valence-electron chi connectivity index (χ4n) is 7.48. The first-order valence-electron chi connectivity index (χ1n) is 15.4. The molecule has 1 aliphatic rings. The lowest BCUT2D eigenvalue weighted by Gasteiger charge is -2.26. The van der Waals surface area contributed by atoms with E-state index in [1.807, 2.05) is 6.07 Å². The number of hydrogen-bond donors (Lipinski definition) is 1. The molecule has 1 N–H and O–H groups in total. The molecule has 0 atom stereocenters. The first-order valence-corrected chi connectivity index (χ1v) is 15.4. The van der Waals surface area contributed by atoms with Crippen molar-refractivity contribution >= 4 is 84.1 Å². The predicted octanol–water partition coefficient (Wildman–Crippen LogP) is 9.52. The fraction of sp³-hybridized carbons (Fsp3) is 0.0244. The maximum atomic E-state index is 6.50. The van der Waals surface area contributed by atoms with Gasteiger partial charge in [0.1, 0.15) is 11.2 Å². The highest BCUT2D eigenvalue weighted by atomic mass is 16.3. The molecule has 1 aliphatic heterocycles. The van der Waals surface area contributed by atoms with Gasteiger partial charge in [-0.05, 0) is 70.7 Å². The number of nitrogens with zero attached hydrogens (tertiary/aromatic N) is 1. The molecule has 209 valence electrons. The third kappa shape index (κ3) is 3.48. The van der Waals surface area contributed by atoms with Crippen LogP contribution in [-0.4, -0.2) is 11.8 Å². The molecule has 3 nitrogen and oxygen atoms in total. The van der Waals surface area contributed by atoms with Gasteiger partial charge in [0.2, 0.25) is 0 Å². The maximum Gasteiger partial charge on any atom is 0.197 e. The van der Waals surface area contributed by atoms with Crippen LogP contribution >= 0.6 is 0 Å². The van der Waals surface area contributed by atoms with Gasteiger partial charge < -0.3 is 14.3 Å². The Hall–Kier alpha value is -5.74. The normalized spacial score (nSPS) is 12.3. The topological polar surface area (TPSA) is 30.1 Å². The van der Waals surface area contributed by atoms with Gasteiger partial charge in [0.25, 0.3) is 0 Å².